The molecule has 1 saturated heterocycles. The van der Waals surface area contributed by atoms with E-state index in [1.54, 1.807) is 21.3 Å². The van der Waals surface area contributed by atoms with Gasteiger partial charge in [-0.05, 0) is 116 Å². The lowest BCUT2D eigenvalue weighted by Gasteiger charge is -2.24. The molecular formula is C55H62N4O9Si. The number of aliphatic hydroxyl groups is 1. The number of nitrogens with zero attached hydrogens (tertiary/aromatic N) is 3. The number of hydrogen-bond acceptors (Lipinski definition) is 13. The summed E-state index contributed by atoms with van der Waals surface area (Å²) in [5, 5.41) is 15.2. The van der Waals surface area contributed by atoms with Crippen molar-refractivity contribution < 1.29 is 42.1 Å². The van der Waals surface area contributed by atoms with Crippen LogP contribution < -0.4 is 14.8 Å². The number of allylic oxidation sites excluding steroid dienone is 12. The van der Waals surface area contributed by atoms with Crippen molar-refractivity contribution in [2.24, 2.45) is 26.8 Å². The standard InChI is InChI=1S/C55H62N4O9Si/c1-10-41-33(3)45-28-47-35(5)43(54(58-47)44-27-51(60)53-36(6)48(59-55(44)53)30-50-42(11-2)34(4)46(57-50)29-49(41)56-45)21-22-52(61)68-32-38-15-19-40(20-16-38)67-25-24-66-39-17-13-37(14-18-39)31-65-23-12-26-69(62-7,63-8)64-9/h10,13-20,24-25,28-30,35,43,58,60H,1,11-12,21-23,26-27,31-32H2,2-9H3/b25-24+,47-28?,49-29?,50-30?,54-44?. The maximum absolute atomic E-state index is 13.4. The summed E-state index contributed by atoms with van der Waals surface area (Å²) in [5.74, 6) is 1.21. The molecule has 8 bridgehead atoms. The molecule has 8 rings (SSSR count). The zero-order valence-electron chi connectivity index (χ0n) is 40.9. The maximum Gasteiger partial charge on any atom is 0.500 e. The summed E-state index contributed by atoms with van der Waals surface area (Å²) in [6, 6.07) is 15.7. The molecule has 14 heteroatoms. The van der Waals surface area contributed by atoms with Crippen molar-refractivity contribution in [3.63, 3.8) is 0 Å². The van der Waals surface area contributed by atoms with Crippen LogP contribution in [0.2, 0.25) is 6.04 Å². The van der Waals surface area contributed by atoms with Crippen LogP contribution in [0.1, 0.15) is 77.8 Å². The first-order valence-corrected chi connectivity index (χ1v) is 25.5. The molecule has 6 aliphatic rings. The fourth-order valence-corrected chi connectivity index (χ4v) is 11.3. The van der Waals surface area contributed by atoms with Gasteiger partial charge in [0.2, 0.25) is 0 Å². The minimum atomic E-state index is -2.59. The Hall–Kier alpha value is -6.42. The molecule has 13 nitrogen and oxygen atoms in total. The quantitative estimate of drug-likeness (QED) is 0.0568. The molecule has 5 aliphatic heterocycles. The minimum Gasteiger partial charge on any atom is -0.511 e. The van der Waals surface area contributed by atoms with Crippen molar-refractivity contribution in [1.29, 1.82) is 0 Å². The van der Waals surface area contributed by atoms with Gasteiger partial charge in [0, 0.05) is 86.8 Å². The van der Waals surface area contributed by atoms with Gasteiger partial charge in [0.05, 0.1) is 40.8 Å². The number of esters is 1. The molecule has 69 heavy (non-hydrogen) atoms. The summed E-state index contributed by atoms with van der Waals surface area (Å²) in [5.41, 5.74) is 15.7. The summed E-state index contributed by atoms with van der Waals surface area (Å²) in [6.07, 6.45) is 13.7. The van der Waals surface area contributed by atoms with Crippen LogP contribution in [0, 0.1) is 11.8 Å². The second-order valence-electron chi connectivity index (χ2n) is 17.7. The van der Waals surface area contributed by atoms with E-state index in [0.717, 1.165) is 109 Å². The molecule has 2 atom stereocenters. The number of aliphatic hydroxyl groups excluding tert-OH is 1. The fraction of sp³-hybridized carbons (Fsp3) is 0.345. The lowest BCUT2D eigenvalue weighted by molar-refractivity contribution is -0.145. The van der Waals surface area contributed by atoms with E-state index in [1.165, 1.54) is 12.5 Å². The number of aliphatic imine (C=N–C) groups is 3. The van der Waals surface area contributed by atoms with Crippen molar-refractivity contribution in [3.8, 4) is 11.5 Å². The second kappa shape index (κ2) is 21.5. The molecule has 360 valence electrons. The van der Waals surface area contributed by atoms with Gasteiger partial charge in [-0.15, -0.1) is 0 Å². The van der Waals surface area contributed by atoms with Crippen LogP contribution in [0.5, 0.6) is 11.5 Å². The van der Waals surface area contributed by atoms with Crippen molar-refractivity contribution in [2.45, 2.75) is 86.0 Å². The van der Waals surface area contributed by atoms with E-state index in [4.69, 9.17) is 47.2 Å². The Kier molecular flexibility index (Phi) is 15.3. The van der Waals surface area contributed by atoms with Crippen LogP contribution >= 0.6 is 0 Å². The third-order valence-electron chi connectivity index (χ3n) is 13.6. The van der Waals surface area contributed by atoms with Gasteiger partial charge < -0.3 is 42.6 Å². The van der Waals surface area contributed by atoms with E-state index < -0.39 is 8.80 Å². The van der Waals surface area contributed by atoms with E-state index in [0.29, 0.717) is 49.4 Å². The Morgan fingerprint density at radius 2 is 1.48 bits per heavy atom. The Morgan fingerprint density at radius 3 is 2.12 bits per heavy atom. The number of fused-ring (bicyclic) bond motifs is 5. The number of rotatable bonds is 20. The van der Waals surface area contributed by atoms with Gasteiger partial charge in [-0.1, -0.05) is 50.8 Å². The predicted octanol–water partition coefficient (Wildman–Crippen LogP) is 11.1. The molecule has 2 aromatic rings. The summed E-state index contributed by atoms with van der Waals surface area (Å²) < 4.78 is 39.5. The number of nitrogens with one attached hydrogen (secondary N) is 1. The van der Waals surface area contributed by atoms with Crippen molar-refractivity contribution in [1.82, 2.24) is 5.32 Å². The highest BCUT2D eigenvalue weighted by molar-refractivity contribution is 6.60. The first-order chi connectivity index (χ1) is 33.4. The summed E-state index contributed by atoms with van der Waals surface area (Å²) in [6.45, 7) is 15.8. The molecule has 0 saturated carbocycles. The Morgan fingerprint density at radius 1 is 0.841 bits per heavy atom. The molecule has 2 N–H and O–H groups in total. The Labute approximate surface area is 406 Å². The van der Waals surface area contributed by atoms with Gasteiger partial charge in [0.25, 0.3) is 0 Å². The third kappa shape index (κ3) is 10.5. The second-order valence-corrected chi connectivity index (χ2v) is 20.8. The highest BCUT2D eigenvalue weighted by Gasteiger charge is 2.41. The molecule has 5 heterocycles. The summed E-state index contributed by atoms with van der Waals surface area (Å²) in [4.78, 5) is 28.8. The number of carbonyl (C=O) groups excluding carboxylic acids is 1. The van der Waals surface area contributed by atoms with E-state index in [1.807, 2.05) is 67.6 Å². The van der Waals surface area contributed by atoms with E-state index in [-0.39, 0.29) is 30.8 Å². The molecule has 0 amide bonds. The predicted molar refractivity (Wildman–Crippen MR) is 270 cm³/mol. The molecule has 0 spiro atoms. The van der Waals surface area contributed by atoms with Crippen LogP contribution in [0.25, 0.3) is 0 Å². The average Bonchev–Trinajstić information content (AvgIpc) is 4.12. The first kappa shape index (κ1) is 49.0. The van der Waals surface area contributed by atoms with Gasteiger partial charge in [-0.2, -0.15) is 0 Å². The van der Waals surface area contributed by atoms with E-state index in [9.17, 15) is 9.90 Å². The number of carbonyl (C=O) groups is 1. The monoisotopic (exact) mass is 950 g/mol. The Balaban J connectivity index is 0.877. The molecule has 1 fully saturated rings. The molecule has 0 aromatic heterocycles. The highest BCUT2D eigenvalue weighted by atomic mass is 28.4. The molecule has 1 aliphatic carbocycles. The molecule has 2 aromatic carbocycles. The van der Waals surface area contributed by atoms with Crippen molar-refractivity contribution in [2.75, 3.05) is 27.9 Å². The van der Waals surface area contributed by atoms with Crippen molar-refractivity contribution >= 4 is 31.9 Å². The van der Waals surface area contributed by atoms with Crippen LogP contribution in [0.15, 0.2) is 180 Å². The maximum atomic E-state index is 13.4. The lowest BCUT2D eigenvalue weighted by Crippen LogP contribution is -2.42. The van der Waals surface area contributed by atoms with Crippen LogP contribution in [-0.4, -0.2) is 65.0 Å². The lowest BCUT2D eigenvalue weighted by atomic mass is 9.86. The third-order valence-corrected chi connectivity index (χ3v) is 16.5. The summed E-state index contributed by atoms with van der Waals surface area (Å²) >= 11 is 0. The van der Waals surface area contributed by atoms with E-state index >= 15 is 0 Å². The van der Waals surface area contributed by atoms with Crippen molar-refractivity contribution in [3.05, 3.63) is 176 Å². The number of ether oxygens (including phenoxy) is 4. The number of hydrogen-bond donors (Lipinski definition) is 2. The van der Waals surface area contributed by atoms with Gasteiger partial charge >= 0.3 is 14.8 Å². The van der Waals surface area contributed by atoms with Gasteiger partial charge in [-0.25, -0.2) is 15.0 Å². The normalized spacial score (nSPS) is 19.8. The highest BCUT2D eigenvalue weighted by Crippen LogP contribution is 2.46. The van der Waals surface area contributed by atoms with Gasteiger partial charge in [-0.3, -0.25) is 4.79 Å². The molecular weight excluding hydrogens is 889 g/mol. The Bertz CT molecular complexity index is 2770. The zero-order valence-corrected chi connectivity index (χ0v) is 41.9. The first-order valence-electron chi connectivity index (χ1n) is 23.5. The van der Waals surface area contributed by atoms with Gasteiger partial charge in [0.1, 0.15) is 36.4 Å². The zero-order chi connectivity index (χ0) is 48.8. The fourth-order valence-electron chi connectivity index (χ4n) is 9.57. The molecule has 2 unspecified atom stereocenters. The minimum absolute atomic E-state index is 0.00451. The van der Waals surface area contributed by atoms with Gasteiger partial charge in [0.15, 0.2) is 0 Å². The van der Waals surface area contributed by atoms with Crippen LogP contribution in [-0.2, 0) is 40.8 Å². The topological polar surface area (TPSA) is 151 Å². The summed E-state index contributed by atoms with van der Waals surface area (Å²) in [7, 11) is 2.24. The van der Waals surface area contributed by atoms with Crippen LogP contribution in [0.3, 0.4) is 0 Å². The number of benzene rings is 2. The SMILES string of the molecule is C=CC1=C(C)C2=NC1=CC1=NC(=CC3=C(C)C4=C(O)CC(=C5NC(=C2)C(C)C5CCC(=O)OCc2ccc(O/C=C/Oc5ccc(COCCC[Si](OC)(OC)OC)cc5)cc2)C4=N3)C(CC)=C1C. The largest absolute Gasteiger partial charge is 0.511 e. The average molecular weight is 951 g/mol. The smallest absolute Gasteiger partial charge is 0.500 e. The molecule has 0 radical (unpaired) electrons. The van der Waals surface area contributed by atoms with E-state index in [2.05, 4.69) is 51.7 Å². The van der Waals surface area contributed by atoms with Crippen LogP contribution in [0.4, 0.5) is 0 Å².